The number of nitrogens with one attached hydrogen (secondary N) is 1. The minimum Gasteiger partial charge on any atom is -0.494 e. The number of nitrogens with zero attached hydrogens (tertiary/aromatic N) is 1. The molecule has 7 nitrogen and oxygen atoms in total. The van der Waals surface area contributed by atoms with E-state index in [1.807, 2.05) is 20.8 Å². The average Bonchev–Trinajstić information content (AvgIpc) is 2.77. The van der Waals surface area contributed by atoms with E-state index in [9.17, 15) is 13.2 Å². The number of carbonyl (C=O) groups excluding carboxylic acids is 1. The van der Waals surface area contributed by atoms with Gasteiger partial charge in [0.2, 0.25) is 5.91 Å². The topological polar surface area (TPSA) is 84.9 Å². The van der Waals surface area contributed by atoms with Gasteiger partial charge in [-0.1, -0.05) is 6.92 Å². The Kier molecular flexibility index (Phi) is 5.75. The van der Waals surface area contributed by atoms with Gasteiger partial charge in [-0.25, -0.2) is 8.42 Å². The number of anilines is 2. The minimum atomic E-state index is -3.79. The third-order valence-electron chi connectivity index (χ3n) is 4.65. The van der Waals surface area contributed by atoms with E-state index < -0.39 is 15.4 Å². The maximum absolute atomic E-state index is 12.7. The molecule has 1 heterocycles. The molecule has 0 spiro atoms. The summed E-state index contributed by atoms with van der Waals surface area (Å²) in [6.45, 7) is 6.45. The Bertz CT molecular complexity index is 1000. The molecule has 29 heavy (non-hydrogen) atoms. The van der Waals surface area contributed by atoms with Crippen molar-refractivity contribution in [3.05, 3.63) is 42.5 Å². The highest BCUT2D eigenvalue weighted by molar-refractivity contribution is 7.92. The lowest BCUT2D eigenvalue weighted by molar-refractivity contribution is -0.127. The number of sulfonamides is 1. The second kappa shape index (κ2) is 7.94. The first-order chi connectivity index (χ1) is 13.6. The molecule has 0 atom stereocenters. The Hall–Kier alpha value is -2.74. The summed E-state index contributed by atoms with van der Waals surface area (Å²) >= 11 is 0. The van der Waals surface area contributed by atoms with Gasteiger partial charge in [-0.15, -0.1) is 0 Å². The number of amides is 1. The van der Waals surface area contributed by atoms with Crippen molar-refractivity contribution in [3.8, 4) is 11.5 Å². The largest absolute Gasteiger partial charge is 0.494 e. The maximum Gasteiger partial charge on any atom is 0.261 e. The van der Waals surface area contributed by atoms with E-state index in [-0.39, 0.29) is 17.4 Å². The highest BCUT2D eigenvalue weighted by Gasteiger charge is 2.36. The Morgan fingerprint density at radius 2 is 1.86 bits per heavy atom. The monoisotopic (exact) mass is 418 g/mol. The lowest BCUT2D eigenvalue weighted by Gasteiger charge is -2.24. The predicted molar refractivity (Wildman–Crippen MR) is 112 cm³/mol. The quantitative estimate of drug-likeness (QED) is 0.774. The molecule has 3 rings (SSSR count). The number of hydrogen-bond acceptors (Lipinski definition) is 5. The van der Waals surface area contributed by atoms with Gasteiger partial charge < -0.3 is 14.4 Å². The van der Waals surface area contributed by atoms with Gasteiger partial charge in [0.1, 0.15) is 18.1 Å². The van der Waals surface area contributed by atoms with Gasteiger partial charge in [0.15, 0.2) is 0 Å². The van der Waals surface area contributed by atoms with Crippen LogP contribution in [0.25, 0.3) is 0 Å². The van der Waals surface area contributed by atoms with Crippen molar-refractivity contribution in [1.82, 2.24) is 0 Å². The Morgan fingerprint density at radius 1 is 1.17 bits per heavy atom. The SMILES string of the molecule is CCCOc1ccc(S(=O)(=O)Nc2ccc3c(c2)N(C)C(=O)C(C)(C)CO3)cc1. The van der Waals surface area contributed by atoms with Gasteiger partial charge >= 0.3 is 0 Å². The van der Waals surface area contributed by atoms with Crippen LogP contribution in [0, 0.1) is 5.41 Å². The normalized spacial score (nSPS) is 15.9. The fourth-order valence-electron chi connectivity index (χ4n) is 3.00. The van der Waals surface area contributed by atoms with E-state index >= 15 is 0 Å². The van der Waals surface area contributed by atoms with Crippen molar-refractivity contribution >= 4 is 27.3 Å². The summed E-state index contributed by atoms with van der Waals surface area (Å²) in [6, 6.07) is 11.1. The maximum atomic E-state index is 12.7. The number of hydrogen-bond donors (Lipinski definition) is 1. The van der Waals surface area contributed by atoms with Crippen molar-refractivity contribution in [2.24, 2.45) is 5.41 Å². The first-order valence-corrected chi connectivity index (χ1v) is 10.9. The number of fused-ring (bicyclic) bond motifs is 1. The van der Waals surface area contributed by atoms with Crippen LogP contribution >= 0.6 is 0 Å². The van der Waals surface area contributed by atoms with Crippen LogP contribution < -0.4 is 19.1 Å². The molecule has 0 radical (unpaired) electrons. The van der Waals surface area contributed by atoms with Crippen LogP contribution in [0.3, 0.4) is 0 Å². The van der Waals surface area contributed by atoms with Crippen LogP contribution in [-0.2, 0) is 14.8 Å². The molecule has 0 bridgehead atoms. The van der Waals surface area contributed by atoms with Gasteiger partial charge in [-0.05, 0) is 62.7 Å². The number of rotatable bonds is 6. The Labute approximate surface area is 171 Å². The number of benzene rings is 2. The lowest BCUT2D eigenvalue weighted by atomic mass is 9.93. The zero-order chi connectivity index (χ0) is 21.2. The zero-order valence-corrected chi connectivity index (χ0v) is 17.9. The van der Waals surface area contributed by atoms with Gasteiger partial charge in [0, 0.05) is 7.05 Å². The first kappa shape index (κ1) is 21.0. The van der Waals surface area contributed by atoms with Crippen LogP contribution in [0.1, 0.15) is 27.2 Å². The summed E-state index contributed by atoms with van der Waals surface area (Å²) in [5, 5.41) is 0. The second-order valence-corrected chi connectivity index (χ2v) is 9.33. The fraction of sp³-hybridized carbons (Fsp3) is 0.381. The van der Waals surface area contributed by atoms with Crippen LogP contribution in [0.2, 0.25) is 0 Å². The van der Waals surface area contributed by atoms with Crippen molar-refractivity contribution in [2.45, 2.75) is 32.1 Å². The van der Waals surface area contributed by atoms with Crippen molar-refractivity contribution in [1.29, 1.82) is 0 Å². The molecule has 156 valence electrons. The van der Waals surface area contributed by atoms with E-state index in [1.54, 1.807) is 37.4 Å². The Balaban J connectivity index is 1.84. The molecule has 2 aromatic rings. The third-order valence-corrected chi connectivity index (χ3v) is 6.05. The lowest BCUT2D eigenvalue weighted by Crippen LogP contribution is -2.39. The van der Waals surface area contributed by atoms with E-state index in [4.69, 9.17) is 9.47 Å². The smallest absolute Gasteiger partial charge is 0.261 e. The summed E-state index contributed by atoms with van der Waals surface area (Å²) in [7, 11) is -2.13. The zero-order valence-electron chi connectivity index (χ0n) is 17.1. The molecular formula is C21H26N2O5S. The molecule has 0 aliphatic carbocycles. The molecular weight excluding hydrogens is 392 g/mol. The minimum absolute atomic E-state index is 0.0982. The van der Waals surface area contributed by atoms with Crippen LogP contribution in [0.4, 0.5) is 11.4 Å². The van der Waals surface area contributed by atoms with Gasteiger partial charge in [-0.2, -0.15) is 0 Å². The first-order valence-electron chi connectivity index (χ1n) is 9.45. The summed E-state index contributed by atoms with van der Waals surface area (Å²) in [5.74, 6) is 1.06. The molecule has 0 aromatic heterocycles. The molecule has 1 aliphatic heterocycles. The molecule has 1 N–H and O–H groups in total. The van der Waals surface area contributed by atoms with Crippen LogP contribution in [0.5, 0.6) is 11.5 Å². The highest BCUT2D eigenvalue weighted by Crippen LogP contribution is 2.37. The van der Waals surface area contributed by atoms with Crippen molar-refractivity contribution in [3.63, 3.8) is 0 Å². The highest BCUT2D eigenvalue weighted by atomic mass is 32.2. The van der Waals surface area contributed by atoms with E-state index in [0.717, 1.165) is 6.42 Å². The fourth-order valence-corrected chi connectivity index (χ4v) is 4.05. The average molecular weight is 419 g/mol. The van der Waals surface area contributed by atoms with Gasteiger partial charge in [0.05, 0.1) is 28.3 Å². The number of carbonyl (C=O) groups is 1. The number of ether oxygens (including phenoxy) is 2. The van der Waals surface area contributed by atoms with E-state index in [2.05, 4.69) is 4.72 Å². The van der Waals surface area contributed by atoms with Crippen LogP contribution in [0.15, 0.2) is 47.4 Å². The van der Waals surface area contributed by atoms with Gasteiger partial charge in [0.25, 0.3) is 10.0 Å². The van der Waals surface area contributed by atoms with Crippen molar-refractivity contribution < 1.29 is 22.7 Å². The molecule has 1 amide bonds. The summed E-state index contributed by atoms with van der Waals surface area (Å²) in [4.78, 5) is 14.3. The molecule has 0 saturated carbocycles. The summed E-state index contributed by atoms with van der Waals surface area (Å²) in [6.07, 6.45) is 0.873. The van der Waals surface area contributed by atoms with E-state index in [0.29, 0.717) is 29.5 Å². The third kappa shape index (κ3) is 4.48. The molecule has 1 aliphatic rings. The molecule has 8 heteroatoms. The molecule has 2 aromatic carbocycles. The van der Waals surface area contributed by atoms with E-state index in [1.165, 1.54) is 17.0 Å². The molecule has 0 unspecified atom stereocenters. The Morgan fingerprint density at radius 3 is 2.52 bits per heavy atom. The van der Waals surface area contributed by atoms with Crippen molar-refractivity contribution in [2.75, 3.05) is 29.9 Å². The second-order valence-electron chi connectivity index (χ2n) is 7.64. The summed E-state index contributed by atoms with van der Waals surface area (Å²) < 4.78 is 39.3. The van der Waals surface area contributed by atoms with Crippen LogP contribution in [-0.4, -0.2) is 34.6 Å². The standard InChI is InChI=1S/C21H26N2O5S/c1-5-12-27-16-7-9-17(10-8-16)29(25,26)22-15-6-11-19-18(13-15)23(4)20(24)21(2,3)14-28-19/h6-11,13,22H,5,12,14H2,1-4H3. The summed E-state index contributed by atoms with van der Waals surface area (Å²) in [5.41, 5.74) is 0.191. The van der Waals surface area contributed by atoms with Gasteiger partial charge in [-0.3, -0.25) is 9.52 Å². The molecule has 0 fully saturated rings. The predicted octanol–water partition coefficient (Wildman–Crippen LogP) is 3.66. The molecule has 0 saturated heterocycles.